The van der Waals surface area contributed by atoms with Crippen LogP contribution >= 0.6 is 15.9 Å². The fourth-order valence-corrected chi connectivity index (χ4v) is 3.08. The van der Waals surface area contributed by atoms with Gasteiger partial charge in [0.15, 0.2) is 0 Å². The summed E-state index contributed by atoms with van der Waals surface area (Å²) >= 11 is 3.46. The zero-order valence-corrected chi connectivity index (χ0v) is 14.1. The smallest absolute Gasteiger partial charge is 0.252 e. The van der Waals surface area contributed by atoms with Crippen molar-refractivity contribution in [1.82, 2.24) is 10.3 Å². The molecule has 21 heavy (non-hydrogen) atoms. The first-order valence-corrected chi connectivity index (χ1v) is 8.48. The van der Waals surface area contributed by atoms with Crippen molar-refractivity contribution in [3.05, 3.63) is 41.6 Å². The van der Waals surface area contributed by atoms with Crippen molar-refractivity contribution in [3.8, 4) is 0 Å². The number of amides is 1. The molecular formula is C17H21BrN2O. The van der Waals surface area contributed by atoms with Gasteiger partial charge >= 0.3 is 0 Å². The van der Waals surface area contributed by atoms with E-state index in [0.717, 1.165) is 41.3 Å². The fraction of sp³-hybridized carbons (Fsp3) is 0.412. The van der Waals surface area contributed by atoms with Gasteiger partial charge in [-0.1, -0.05) is 47.5 Å². The molecule has 0 fully saturated rings. The maximum atomic E-state index is 12.5. The average Bonchev–Trinajstić information content (AvgIpc) is 2.50. The van der Waals surface area contributed by atoms with Gasteiger partial charge in [-0.2, -0.15) is 0 Å². The largest absolute Gasteiger partial charge is 0.352 e. The molecule has 0 saturated heterocycles. The number of fused-ring (bicyclic) bond motifs is 1. The van der Waals surface area contributed by atoms with Crippen LogP contribution < -0.4 is 5.32 Å². The van der Waals surface area contributed by atoms with Crippen LogP contribution in [-0.2, 0) is 0 Å². The monoisotopic (exact) mass is 348 g/mol. The Morgan fingerprint density at radius 1 is 1.38 bits per heavy atom. The number of aryl methyl sites for hydroxylation is 1. The number of halogens is 1. The van der Waals surface area contributed by atoms with Crippen LogP contribution in [0.1, 0.15) is 35.8 Å². The van der Waals surface area contributed by atoms with Gasteiger partial charge in [-0.15, -0.1) is 0 Å². The lowest BCUT2D eigenvalue weighted by Crippen LogP contribution is -2.29. The van der Waals surface area contributed by atoms with Gasteiger partial charge in [0, 0.05) is 23.0 Å². The number of alkyl halides is 1. The van der Waals surface area contributed by atoms with Crippen molar-refractivity contribution in [2.24, 2.45) is 5.92 Å². The third-order valence-corrected chi connectivity index (χ3v) is 4.19. The fourth-order valence-electron chi connectivity index (χ4n) is 2.43. The minimum absolute atomic E-state index is 0.00952. The van der Waals surface area contributed by atoms with Crippen LogP contribution in [0.2, 0.25) is 0 Å². The van der Waals surface area contributed by atoms with Crippen molar-refractivity contribution >= 4 is 32.7 Å². The molecule has 1 atom stereocenters. The Bertz CT molecular complexity index is 627. The summed E-state index contributed by atoms with van der Waals surface area (Å²) in [6, 6.07) is 9.64. The maximum absolute atomic E-state index is 12.5. The molecule has 0 saturated carbocycles. The highest BCUT2D eigenvalue weighted by Crippen LogP contribution is 2.18. The number of carbonyl (C=O) groups excluding carboxylic acids is 1. The Balaban J connectivity index is 2.19. The van der Waals surface area contributed by atoms with Crippen molar-refractivity contribution in [1.29, 1.82) is 0 Å². The molecule has 1 aromatic carbocycles. The first kappa shape index (κ1) is 16.0. The van der Waals surface area contributed by atoms with E-state index < -0.39 is 0 Å². The van der Waals surface area contributed by atoms with E-state index >= 15 is 0 Å². The van der Waals surface area contributed by atoms with Crippen LogP contribution in [0.5, 0.6) is 0 Å². The number of para-hydroxylation sites is 1. The second kappa shape index (κ2) is 7.55. The number of aromatic nitrogens is 1. The summed E-state index contributed by atoms with van der Waals surface area (Å²) in [5, 5.41) is 4.95. The Hall–Kier alpha value is -1.42. The summed E-state index contributed by atoms with van der Waals surface area (Å²) < 4.78 is 0. The molecule has 1 amide bonds. The summed E-state index contributed by atoms with van der Waals surface area (Å²) in [7, 11) is 0. The number of pyridine rings is 1. The number of nitrogens with zero attached hydrogens (tertiary/aromatic N) is 1. The number of hydrogen-bond acceptors (Lipinski definition) is 2. The van der Waals surface area contributed by atoms with Gasteiger partial charge in [0.05, 0.1) is 11.1 Å². The number of benzene rings is 1. The van der Waals surface area contributed by atoms with E-state index in [2.05, 4.69) is 33.2 Å². The molecule has 1 heterocycles. The number of nitrogens with one attached hydrogen (secondary N) is 1. The van der Waals surface area contributed by atoms with Crippen molar-refractivity contribution in [2.75, 3.05) is 11.9 Å². The molecule has 1 aromatic heterocycles. The first-order valence-electron chi connectivity index (χ1n) is 7.36. The van der Waals surface area contributed by atoms with E-state index in [1.165, 1.54) is 0 Å². The first-order chi connectivity index (χ1) is 10.2. The highest BCUT2D eigenvalue weighted by atomic mass is 79.9. The Labute approximate surface area is 134 Å². The van der Waals surface area contributed by atoms with Crippen molar-refractivity contribution in [2.45, 2.75) is 26.7 Å². The Morgan fingerprint density at radius 3 is 2.86 bits per heavy atom. The molecule has 1 N–H and O–H groups in total. The van der Waals surface area contributed by atoms with Gasteiger partial charge in [-0.3, -0.25) is 9.78 Å². The van der Waals surface area contributed by atoms with Crippen molar-refractivity contribution in [3.63, 3.8) is 0 Å². The predicted molar refractivity (Wildman–Crippen MR) is 91.0 cm³/mol. The number of hydrogen-bond donors (Lipinski definition) is 1. The van der Waals surface area contributed by atoms with E-state index in [1.807, 2.05) is 37.3 Å². The van der Waals surface area contributed by atoms with Crippen LogP contribution in [0.15, 0.2) is 30.3 Å². The molecule has 0 aliphatic carbocycles. The van der Waals surface area contributed by atoms with Gasteiger partial charge in [0.25, 0.3) is 5.91 Å². The highest BCUT2D eigenvalue weighted by molar-refractivity contribution is 9.09. The summed E-state index contributed by atoms with van der Waals surface area (Å²) in [6.07, 6.45) is 2.15. The zero-order valence-electron chi connectivity index (χ0n) is 12.5. The normalized spacial score (nSPS) is 12.3. The van der Waals surface area contributed by atoms with Gasteiger partial charge in [-0.25, -0.2) is 0 Å². The lowest BCUT2D eigenvalue weighted by molar-refractivity contribution is 0.0948. The lowest BCUT2D eigenvalue weighted by Gasteiger charge is -2.15. The minimum atomic E-state index is -0.00952. The van der Waals surface area contributed by atoms with E-state index in [9.17, 15) is 4.79 Å². The molecule has 2 aromatic rings. The van der Waals surface area contributed by atoms with Crippen molar-refractivity contribution < 1.29 is 4.79 Å². The second-order valence-corrected chi connectivity index (χ2v) is 6.08. The summed E-state index contributed by atoms with van der Waals surface area (Å²) in [4.78, 5) is 17.0. The van der Waals surface area contributed by atoms with Gasteiger partial charge in [0.2, 0.25) is 0 Å². The van der Waals surface area contributed by atoms with Gasteiger partial charge in [0.1, 0.15) is 0 Å². The van der Waals surface area contributed by atoms with Gasteiger partial charge in [-0.05, 0) is 31.4 Å². The van der Waals surface area contributed by atoms with E-state index in [0.29, 0.717) is 11.5 Å². The van der Waals surface area contributed by atoms with E-state index in [1.54, 1.807) is 0 Å². The molecule has 1 unspecified atom stereocenters. The number of rotatable bonds is 6. The van der Waals surface area contributed by atoms with Crippen LogP contribution in [0.25, 0.3) is 10.9 Å². The van der Waals surface area contributed by atoms with Gasteiger partial charge < -0.3 is 5.32 Å². The summed E-state index contributed by atoms with van der Waals surface area (Å²) in [5.41, 5.74) is 2.45. The van der Waals surface area contributed by atoms with E-state index in [4.69, 9.17) is 0 Å². The average molecular weight is 349 g/mol. The second-order valence-electron chi connectivity index (χ2n) is 5.29. The Kier molecular flexibility index (Phi) is 5.74. The Morgan fingerprint density at radius 2 is 2.14 bits per heavy atom. The standard InChI is InChI=1S/C17H21BrN2O/c1-3-13(8-9-18)11-19-17(21)15-10-12(2)20-16-7-5-4-6-14(15)16/h4-7,10,13H,3,8-9,11H2,1-2H3,(H,19,21). The number of carbonyl (C=O) groups is 1. The SMILES string of the molecule is CCC(CCBr)CNC(=O)c1cc(C)nc2ccccc12. The summed E-state index contributed by atoms with van der Waals surface area (Å²) in [6.45, 7) is 4.80. The molecule has 0 radical (unpaired) electrons. The lowest BCUT2D eigenvalue weighted by atomic mass is 10.0. The molecule has 3 nitrogen and oxygen atoms in total. The van der Waals surface area contributed by atoms with Crippen LogP contribution in [0.4, 0.5) is 0 Å². The topological polar surface area (TPSA) is 42.0 Å². The zero-order chi connectivity index (χ0) is 15.2. The molecule has 2 rings (SSSR count). The van der Waals surface area contributed by atoms with Crippen LogP contribution in [-0.4, -0.2) is 22.8 Å². The van der Waals surface area contributed by atoms with E-state index in [-0.39, 0.29) is 5.91 Å². The van der Waals surface area contributed by atoms with Crippen LogP contribution in [0.3, 0.4) is 0 Å². The third-order valence-electron chi connectivity index (χ3n) is 3.73. The highest BCUT2D eigenvalue weighted by Gasteiger charge is 2.13. The molecule has 4 heteroatoms. The third kappa shape index (κ3) is 4.03. The minimum Gasteiger partial charge on any atom is -0.352 e. The molecule has 112 valence electrons. The molecule has 0 spiro atoms. The quantitative estimate of drug-likeness (QED) is 0.799. The molecule has 0 aliphatic rings. The maximum Gasteiger partial charge on any atom is 0.252 e. The van der Waals surface area contributed by atoms with Crippen LogP contribution in [0, 0.1) is 12.8 Å². The molecule has 0 bridgehead atoms. The predicted octanol–water partition coefficient (Wildman–Crippen LogP) is 4.08. The molecular weight excluding hydrogens is 328 g/mol. The molecule has 0 aliphatic heterocycles. The summed E-state index contributed by atoms with van der Waals surface area (Å²) in [5.74, 6) is 0.507.